The maximum atomic E-state index is 3.76. The van der Waals surface area contributed by atoms with Crippen LogP contribution in [0.5, 0.6) is 0 Å². The van der Waals surface area contributed by atoms with E-state index in [2.05, 4.69) is 78.9 Å². The molecule has 80 valence electrons. The van der Waals surface area contributed by atoms with E-state index in [9.17, 15) is 0 Å². The van der Waals surface area contributed by atoms with Gasteiger partial charge in [-0.25, -0.2) is 0 Å². The van der Waals surface area contributed by atoms with E-state index in [0.29, 0.717) is 4.83 Å². The summed E-state index contributed by atoms with van der Waals surface area (Å²) in [5, 5.41) is 2.21. The van der Waals surface area contributed by atoms with Crippen LogP contribution >= 0.6 is 77.1 Å². The summed E-state index contributed by atoms with van der Waals surface area (Å²) in [6.45, 7) is 2.16. The molecule has 0 nitrogen and oxygen atoms in total. The molecule has 0 fully saturated rings. The van der Waals surface area contributed by atoms with Gasteiger partial charge in [0.05, 0.1) is 11.5 Å². The van der Waals surface area contributed by atoms with Crippen molar-refractivity contribution in [3.05, 3.63) is 40.2 Å². The Balaban J connectivity index is 2.35. The van der Waals surface area contributed by atoms with Crippen LogP contribution in [0.2, 0.25) is 0 Å². The van der Waals surface area contributed by atoms with Crippen LogP contribution in [0.3, 0.4) is 0 Å². The van der Waals surface area contributed by atoms with Crippen molar-refractivity contribution < 1.29 is 0 Å². The molecule has 0 N–H and O–H groups in total. The van der Waals surface area contributed by atoms with Gasteiger partial charge in [-0.1, -0.05) is 15.9 Å². The third-order valence-corrected chi connectivity index (χ3v) is 6.48. The molecule has 2 aromatic heterocycles. The van der Waals surface area contributed by atoms with Crippen LogP contribution in [-0.4, -0.2) is 0 Å². The Morgan fingerprint density at radius 1 is 1.40 bits per heavy atom. The maximum Gasteiger partial charge on any atom is 0.0704 e. The topological polar surface area (TPSA) is 0 Å². The van der Waals surface area contributed by atoms with Crippen LogP contribution in [0.4, 0.5) is 0 Å². The second-order valence-electron chi connectivity index (χ2n) is 3.11. The van der Waals surface area contributed by atoms with Crippen molar-refractivity contribution in [1.29, 1.82) is 0 Å². The first-order chi connectivity index (χ1) is 7.08. The molecule has 0 amide bonds. The molecule has 5 heteroatoms. The lowest BCUT2D eigenvalue weighted by molar-refractivity contribution is 1.18. The molecule has 2 rings (SSSR count). The van der Waals surface area contributed by atoms with Crippen molar-refractivity contribution in [2.45, 2.75) is 11.8 Å². The molecule has 2 heterocycles. The van der Waals surface area contributed by atoms with Gasteiger partial charge in [-0.2, -0.15) is 0 Å². The Bertz CT molecular complexity index is 475. The summed E-state index contributed by atoms with van der Waals surface area (Å²) < 4.78 is 2.53. The number of halogens is 3. The lowest BCUT2D eigenvalue weighted by Gasteiger charge is -2.06. The minimum absolute atomic E-state index is 0.319. The van der Waals surface area contributed by atoms with Gasteiger partial charge < -0.3 is 0 Å². The molecule has 0 aliphatic heterocycles. The zero-order chi connectivity index (χ0) is 11.0. The third-order valence-electron chi connectivity index (χ3n) is 2.08. The summed E-state index contributed by atoms with van der Waals surface area (Å²) in [5.41, 5.74) is 2.71. The van der Waals surface area contributed by atoms with E-state index >= 15 is 0 Å². The van der Waals surface area contributed by atoms with E-state index in [-0.39, 0.29) is 0 Å². The highest BCUT2D eigenvalue weighted by molar-refractivity contribution is 14.1. The Hall–Kier alpha value is 1.09. The molecule has 0 spiro atoms. The van der Waals surface area contributed by atoms with Crippen molar-refractivity contribution >= 4 is 77.1 Å². The molecule has 0 radical (unpaired) electrons. The quantitative estimate of drug-likeness (QED) is 0.369. The molecule has 15 heavy (non-hydrogen) atoms. The Labute approximate surface area is 127 Å². The van der Waals surface area contributed by atoms with E-state index < -0.39 is 0 Å². The Kier molecular flexibility index (Phi) is 4.32. The molecular weight excluding hydrogens is 471 g/mol. The Morgan fingerprint density at radius 2 is 2.13 bits per heavy atom. The van der Waals surface area contributed by atoms with Gasteiger partial charge in [-0.05, 0) is 74.1 Å². The van der Waals surface area contributed by atoms with Crippen molar-refractivity contribution in [3.63, 3.8) is 0 Å². The summed E-state index contributed by atoms with van der Waals surface area (Å²) in [6.07, 6.45) is 0. The van der Waals surface area contributed by atoms with E-state index in [4.69, 9.17) is 0 Å². The predicted molar refractivity (Wildman–Crippen MR) is 84.6 cm³/mol. The van der Waals surface area contributed by atoms with Crippen LogP contribution < -0.4 is 0 Å². The number of hydrogen-bond acceptors (Lipinski definition) is 2. The van der Waals surface area contributed by atoms with Gasteiger partial charge >= 0.3 is 0 Å². The highest BCUT2D eigenvalue weighted by Crippen LogP contribution is 2.39. The molecule has 1 atom stereocenters. The zero-order valence-corrected chi connectivity index (χ0v) is 14.7. The third kappa shape index (κ3) is 2.86. The van der Waals surface area contributed by atoms with Crippen molar-refractivity contribution in [2.24, 2.45) is 0 Å². The fourth-order valence-corrected chi connectivity index (χ4v) is 5.56. The number of alkyl halides is 1. The fraction of sp³-hybridized carbons (Fsp3) is 0.200. The average Bonchev–Trinajstić information content (AvgIpc) is 2.71. The molecule has 0 aliphatic carbocycles. The summed E-state index contributed by atoms with van der Waals surface area (Å²) >= 11 is 13.2. The van der Waals surface area contributed by atoms with Gasteiger partial charge in [0.1, 0.15) is 0 Å². The SMILES string of the molecule is Cc1sc(Br)cc1C(Br)c1csc(I)c1. The molecule has 0 saturated carbocycles. The lowest BCUT2D eigenvalue weighted by Crippen LogP contribution is -1.89. The van der Waals surface area contributed by atoms with Crippen LogP contribution in [0, 0.1) is 9.81 Å². The first-order valence-corrected chi connectivity index (χ1v) is 8.70. The number of hydrogen-bond donors (Lipinski definition) is 0. The predicted octanol–water partition coefficient (Wildman–Crippen LogP) is 5.97. The fourth-order valence-electron chi connectivity index (χ4n) is 1.35. The van der Waals surface area contributed by atoms with E-state index in [0.717, 1.165) is 0 Å². The molecule has 0 aliphatic rings. The van der Waals surface area contributed by atoms with Gasteiger partial charge in [0.15, 0.2) is 0 Å². The maximum absolute atomic E-state index is 3.76. The van der Waals surface area contributed by atoms with Gasteiger partial charge in [-0.15, -0.1) is 22.7 Å². The van der Waals surface area contributed by atoms with E-state index in [1.807, 2.05) is 0 Å². The molecule has 0 bridgehead atoms. The highest BCUT2D eigenvalue weighted by atomic mass is 127. The van der Waals surface area contributed by atoms with Crippen molar-refractivity contribution in [2.75, 3.05) is 0 Å². The van der Waals surface area contributed by atoms with Crippen molar-refractivity contribution in [1.82, 2.24) is 0 Å². The molecule has 1 unspecified atom stereocenters. The van der Waals surface area contributed by atoms with Gasteiger partial charge in [0.2, 0.25) is 0 Å². The number of rotatable bonds is 2. The molecule has 0 aromatic carbocycles. The number of thiophene rings is 2. The standard InChI is InChI=1S/C10H7Br2IS2/c1-5-7(3-8(11)15-5)10(12)6-2-9(13)14-4-6/h2-4,10H,1H3. The minimum Gasteiger partial charge on any atom is -0.137 e. The van der Waals surface area contributed by atoms with Crippen LogP contribution in [0.25, 0.3) is 0 Å². The monoisotopic (exact) mass is 476 g/mol. The van der Waals surface area contributed by atoms with Crippen LogP contribution in [-0.2, 0) is 0 Å². The van der Waals surface area contributed by atoms with Crippen LogP contribution in [0.15, 0.2) is 21.3 Å². The zero-order valence-electron chi connectivity index (χ0n) is 7.76. The first kappa shape index (κ1) is 12.5. The summed E-state index contributed by atoms with van der Waals surface area (Å²) in [5.74, 6) is 0. The largest absolute Gasteiger partial charge is 0.137 e. The first-order valence-electron chi connectivity index (χ1n) is 4.21. The second kappa shape index (κ2) is 5.16. The minimum atomic E-state index is 0.319. The molecular formula is C10H7Br2IS2. The highest BCUT2D eigenvalue weighted by Gasteiger charge is 2.16. The summed E-state index contributed by atoms with van der Waals surface area (Å²) in [6, 6.07) is 4.43. The van der Waals surface area contributed by atoms with Gasteiger partial charge in [-0.3, -0.25) is 0 Å². The van der Waals surface area contributed by atoms with E-state index in [1.165, 1.54) is 22.7 Å². The van der Waals surface area contributed by atoms with E-state index in [1.54, 1.807) is 22.7 Å². The smallest absolute Gasteiger partial charge is 0.0704 e. The average molecular weight is 478 g/mol. The number of aryl methyl sites for hydroxylation is 1. The Morgan fingerprint density at radius 3 is 2.60 bits per heavy atom. The van der Waals surface area contributed by atoms with Gasteiger partial charge in [0, 0.05) is 4.88 Å². The summed E-state index contributed by atoms with van der Waals surface area (Å²) in [4.78, 5) is 1.68. The van der Waals surface area contributed by atoms with Crippen LogP contribution in [0.1, 0.15) is 20.8 Å². The second-order valence-corrected chi connectivity index (χ2v) is 9.47. The lowest BCUT2D eigenvalue weighted by atomic mass is 10.1. The van der Waals surface area contributed by atoms with Crippen molar-refractivity contribution in [3.8, 4) is 0 Å². The summed E-state index contributed by atoms with van der Waals surface area (Å²) in [7, 11) is 0. The molecule has 0 saturated heterocycles. The normalized spacial score (nSPS) is 13.1. The van der Waals surface area contributed by atoms with Gasteiger partial charge in [0.25, 0.3) is 0 Å². The molecule has 2 aromatic rings.